The van der Waals surface area contributed by atoms with Crippen LogP contribution in [0.2, 0.25) is 0 Å². The lowest BCUT2D eigenvalue weighted by atomic mass is 10.2. The molecule has 96 valence electrons. The molecule has 0 radical (unpaired) electrons. The van der Waals surface area contributed by atoms with Gasteiger partial charge in [0, 0.05) is 10.2 Å². The van der Waals surface area contributed by atoms with E-state index in [-0.39, 0.29) is 17.9 Å². The summed E-state index contributed by atoms with van der Waals surface area (Å²) in [7, 11) is 0. The van der Waals surface area contributed by atoms with Crippen LogP contribution in [0.3, 0.4) is 0 Å². The first-order valence-electron chi connectivity index (χ1n) is 5.46. The Kier molecular flexibility index (Phi) is 4.03. The highest BCUT2D eigenvalue weighted by Crippen LogP contribution is 2.23. The monoisotopic (exact) mass is 320 g/mol. The zero-order valence-electron chi connectivity index (χ0n) is 9.86. The van der Waals surface area contributed by atoms with E-state index in [1.54, 1.807) is 24.3 Å². The van der Waals surface area contributed by atoms with E-state index >= 15 is 0 Å². The average molecular weight is 321 g/mol. The van der Waals surface area contributed by atoms with Crippen molar-refractivity contribution in [1.29, 1.82) is 5.26 Å². The highest BCUT2D eigenvalue weighted by molar-refractivity contribution is 9.10. The SMILES string of the molecule is N#Cc1c(F)cccc1OCc1cc(N)cc(Br)c1. The second-order valence-corrected chi connectivity index (χ2v) is 4.82. The Hall–Kier alpha value is -2.06. The molecule has 0 aliphatic heterocycles. The molecule has 2 aromatic rings. The zero-order chi connectivity index (χ0) is 13.8. The van der Waals surface area contributed by atoms with Crippen LogP contribution in [0.5, 0.6) is 5.75 Å². The van der Waals surface area contributed by atoms with Crippen LogP contribution < -0.4 is 10.5 Å². The molecule has 2 aromatic carbocycles. The molecule has 0 spiro atoms. The summed E-state index contributed by atoms with van der Waals surface area (Å²) in [4.78, 5) is 0. The minimum absolute atomic E-state index is 0.0922. The Balaban J connectivity index is 2.19. The Morgan fingerprint density at radius 3 is 2.79 bits per heavy atom. The highest BCUT2D eigenvalue weighted by Gasteiger charge is 2.09. The van der Waals surface area contributed by atoms with Crippen LogP contribution in [-0.2, 0) is 6.61 Å². The third-order valence-corrected chi connectivity index (χ3v) is 2.92. The molecule has 0 aromatic heterocycles. The molecule has 0 atom stereocenters. The van der Waals surface area contributed by atoms with Crippen molar-refractivity contribution in [2.24, 2.45) is 0 Å². The van der Waals surface area contributed by atoms with Gasteiger partial charge in [-0.3, -0.25) is 0 Å². The van der Waals surface area contributed by atoms with E-state index < -0.39 is 5.82 Å². The number of rotatable bonds is 3. The molecule has 5 heteroatoms. The molecule has 0 saturated carbocycles. The van der Waals surface area contributed by atoms with Gasteiger partial charge in [0.1, 0.15) is 29.8 Å². The van der Waals surface area contributed by atoms with Crippen molar-refractivity contribution in [3.05, 3.63) is 57.8 Å². The summed E-state index contributed by atoms with van der Waals surface area (Å²) in [5, 5.41) is 8.89. The normalized spacial score (nSPS) is 9.95. The van der Waals surface area contributed by atoms with E-state index in [9.17, 15) is 4.39 Å². The Bertz CT molecular complexity index is 632. The molecule has 2 N–H and O–H groups in total. The zero-order valence-corrected chi connectivity index (χ0v) is 11.4. The van der Waals surface area contributed by atoms with Crippen molar-refractivity contribution in [2.45, 2.75) is 6.61 Å². The molecule has 0 unspecified atom stereocenters. The third-order valence-electron chi connectivity index (χ3n) is 2.46. The summed E-state index contributed by atoms with van der Waals surface area (Å²) < 4.78 is 19.7. The van der Waals surface area contributed by atoms with Gasteiger partial charge < -0.3 is 10.5 Å². The van der Waals surface area contributed by atoms with Crippen molar-refractivity contribution in [1.82, 2.24) is 0 Å². The van der Waals surface area contributed by atoms with Crippen LogP contribution in [-0.4, -0.2) is 0 Å². The summed E-state index contributed by atoms with van der Waals surface area (Å²) in [5.41, 5.74) is 7.06. The standard InChI is InChI=1S/C14H10BrFN2O/c15-10-4-9(5-11(18)6-10)8-19-14-3-1-2-13(16)12(14)7-17/h1-6H,8,18H2. The van der Waals surface area contributed by atoms with E-state index in [2.05, 4.69) is 15.9 Å². The van der Waals surface area contributed by atoms with E-state index in [0.717, 1.165) is 10.0 Å². The predicted octanol–water partition coefficient (Wildman–Crippen LogP) is 3.62. The number of halogens is 2. The van der Waals surface area contributed by atoms with Crippen LogP contribution in [0.1, 0.15) is 11.1 Å². The van der Waals surface area contributed by atoms with Crippen molar-refractivity contribution in [3.8, 4) is 11.8 Å². The van der Waals surface area contributed by atoms with Crippen LogP contribution in [0, 0.1) is 17.1 Å². The Morgan fingerprint density at radius 2 is 2.11 bits per heavy atom. The number of anilines is 1. The number of nitriles is 1. The quantitative estimate of drug-likeness (QED) is 0.879. The van der Waals surface area contributed by atoms with Crippen LogP contribution in [0.4, 0.5) is 10.1 Å². The largest absolute Gasteiger partial charge is 0.487 e. The number of nitrogens with zero attached hydrogens (tertiary/aromatic N) is 1. The first-order chi connectivity index (χ1) is 9.10. The molecule has 0 saturated heterocycles. The van der Waals surface area contributed by atoms with Gasteiger partial charge in [-0.05, 0) is 35.9 Å². The Morgan fingerprint density at radius 1 is 1.32 bits per heavy atom. The summed E-state index contributed by atoms with van der Waals surface area (Å²) >= 11 is 3.33. The second-order valence-electron chi connectivity index (χ2n) is 3.91. The topological polar surface area (TPSA) is 59.0 Å². The molecule has 0 aliphatic carbocycles. The van der Waals surface area contributed by atoms with E-state index in [0.29, 0.717) is 5.69 Å². The molecule has 0 amide bonds. The van der Waals surface area contributed by atoms with Gasteiger partial charge in [0.15, 0.2) is 0 Å². The van der Waals surface area contributed by atoms with Gasteiger partial charge in [-0.25, -0.2) is 4.39 Å². The molecule has 0 fully saturated rings. The lowest BCUT2D eigenvalue weighted by Crippen LogP contribution is -1.99. The molecule has 0 aliphatic rings. The van der Waals surface area contributed by atoms with Crippen LogP contribution >= 0.6 is 15.9 Å². The molecule has 2 rings (SSSR count). The second kappa shape index (κ2) is 5.72. The summed E-state index contributed by atoms with van der Waals surface area (Å²) in [6.07, 6.45) is 0. The van der Waals surface area contributed by atoms with E-state index in [1.807, 2.05) is 6.07 Å². The maximum atomic E-state index is 13.4. The van der Waals surface area contributed by atoms with E-state index in [1.165, 1.54) is 12.1 Å². The number of nitrogens with two attached hydrogens (primary N) is 1. The molecule has 0 heterocycles. The molecule has 0 bridgehead atoms. The van der Waals surface area contributed by atoms with Crippen molar-refractivity contribution in [2.75, 3.05) is 5.73 Å². The molecular formula is C14H10BrFN2O. The van der Waals surface area contributed by atoms with Gasteiger partial charge in [-0.2, -0.15) is 5.26 Å². The first-order valence-corrected chi connectivity index (χ1v) is 6.26. The van der Waals surface area contributed by atoms with Gasteiger partial charge in [-0.15, -0.1) is 0 Å². The van der Waals surface area contributed by atoms with Crippen molar-refractivity contribution < 1.29 is 9.13 Å². The summed E-state index contributed by atoms with van der Waals surface area (Å²) in [5.74, 6) is -0.366. The maximum Gasteiger partial charge on any atom is 0.144 e. The molecular weight excluding hydrogens is 311 g/mol. The number of ether oxygens (including phenoxy) is 1. The minimum Gasteiger partial charge on any atom is -0.487 e. The smallest absolute Gasteiger partial charge is 0.144 e. The fourth-order valence-electron chi connectivity index (χ4n) is 1.65. The fraction of sp³-hybridized carbons (Fsp3) is 0.0714. The number of hydrogen-bond acceptors (Lipinski definition) is 3. The molecule has 3 nitrogen and oxygen atoms in total. The van der Waals surface area contributed by atoms with Crippen LogP contribution in [0.15, 0.2) is 40.9 Å². The van der Waals surface area contributed by atoms with Crippen molar-refractivity contribution >= 4 is 21.6 Å². The van der Waals surface area contributed by atoms with Gasteiger partial charge in [-0.1, -0.05) is 22.0 Å². The number of benzene rings is 2. The average Bonchev–Trinajstić information content (AvgIpc) is 2.35. The third kappa shape index (κ3) is 3.24. The lowest BCUT2D eigenvalue weighted by molar-refractivity contribution is 0.303. The van der Waals surface area contributed by atoms with Crippen molar-refractivity contribution in [3.63, 3.8) is 0 Å². The summed E-state index contributed by atoms with van der Waals surface area (Å²) in [6.45, 7) is 0.210. The maximum absolute atomic E-state index is 13.4. The van der Waals surface area contributed by atoms with Gasteiger partial charge >= 0.3 is 0 Å². The number of hydrogen-bond donors (Lipinski definition) is 1. The minimum atomic E-state index is -0.589. The first kappa shape index (κ1) is 13.4. The lowest BCUT2D eigenvalue weighted by Gasteiger charge is -2.09. The van der Waals surface area contributed by atoms with Gasteiger partial charge in [0.25, 0.3) is 0 Å². The Labute approximate surface area is 118 Å². The number of nitrogen functional groups attached to an aromatic ring is 1. The van der Waals surface area contributed by atoms with Crippen LogP contribution in [0.25, 0.3) is 0 Å². The summed E-state index contributed by atoms with van der Waals surface area (Å²) in [6, 6.07) is 11.5. The highest BCUT2D eigenvalue weighted by atomic mass is 79.9. The van der Waals surface area contributed by atoms with E-state index in [4.69, 9.17) is 15.7 Å². The van der Waals surface area contributed by atoms with Gasteiger partial charge in [0.2, 0.25) is 0 Å². The predicted molar refractivity (Wildman–Crippen MR) is 74.0 cm³/mol. The molecule has 19 heavy (non-hydrogen) atoms. The van der Waals surface area contributed by atoms with Gasteiger partial charge in [0.05, 0.1) is 0 Å². The fourth-order valence-corrected chi connectivity index (χ4v) is 2.21.